The molecule has 2 unspecified atom stereocenters. The number of esters is 2. The molecule has 10 nitrogen and oxygen atoms in total. The van der Waals surface area contributed by atoms with Crippen molar-refractivity contribution in [2.75, 3.05) is 33.9 Å². The first kappa shape index (κ1) is 59.5. The Balaban J connectivity index is 4.96. The maximum Gasteiger partial charge on any atom is 0.306 e. The maximum absolute atomic E-state index is 13.8. The van der Waals surface area contributed by atoms with Crippen molar-refractivity contribution in [1.29, 1.82) is 0 Å². The Labute approximate surface area is 375 Å². The number of ether oxygens (including phenoxy) is 2. The molecule has 0 heterocycles. The van der Waals surface area contributed by atoms with Gasteiger partial charge in [0.05, 0.1) is 27.2 Å². The van der Waals surface area contributed by atoms with Crippen molar-refractivity contribution in [2.24, 2.45) is 0 Å². The molecule has 0 rings (SSSR count). The summed E-state index contributed by atoms with van der Waals surface area (Å²) >= 11 is 0. The van der Waals surface area contributed by atoms with Gasteiger partial charge in [0.25, 0.3) is 0 Å². The van der Waals surface area contributed by atoms with Crippen LogP contribution in [0.4, 0.5) is 0 Å². The molecule has 0 fully saturated rings. The summed E-state index contributed by atoms with van der Waals surface area (Å²) in [5.74, 6) is -1.81. The standard InChI is InChI=1S/C50H96NO9P/c1-6-9-12-14-16-18-20-22-24-26-28-30-32-34-37-40-49(54)58-44-46(45-59-61(56,57)47(39-36-11-8-3)51(4,5)43-42-48(52)53)60-50(55)41-38-35-33-31-29-27-25-23-21-19-17-15-13-10-7-2/h22-25,46-48,52-53H,6-21,26-45H2,1-5H3/b24-22-,25-23-/t46-,47?/m1/s1. The lowest BCUT2D eigenvalue weighted by atomic mass is 10.1. The van der Waals surface area contributed by atoms with Crippen molar-refractivity contribution in [3.05, 3.63) is 24.3 Å². The van der Waals surface area contributed by atoms with E-state index in [1.807, 2.05) is 6.92 Å². The summed E-state index contributed by atoms with van der Waals surface area (Å²) < 4.78 is 30.6. The molecule has 0 aromatic heterocycles. The number of carbonyl (C=O) groups excluding carboxylic acids is 2. The van der Waals surface area contributed by atoms with Crippen LogP contribution in [0, 0.1) is 0 Å². The van der Waals surface area contributed by atoms with Crippen LogP contribution in [0.2, 0.25) is 0 Å². The maximum atomic E-state index is 13.8. The van der Waals surface area contributed by atoms with Crippen LogP contribution in [-0.4, -0.2) is 78.7 Å². The Morgan fingerprint density at radius 3 is 1.39 bits per heavy atom. The Bertz CT molecular complexity index is 1130. The van der Waals surface area contributed by atoms with Gasteiger partial charge in [-0.25, -0.2) is 0 Å². The van der Waals surface area contributed by atoms with Crippen LogP contribution in [0.1, 0.15) is 233 Å². The smallest absolute Gasteiger partial charge is 0.306 e. The molecule has 0 aliphatic rings. The van der Waals surface area contributed by atoms with E-state index >= 15 is 0 Å². The van der Waals surface area contributed by atoms with E-state index in [2.05, 4.69) is 38.2 Å². The second-order valence-electron chi connectivity index (χ2n) is 18.0. The molecule has 0 spiro atoms. The molecule has 0 amide bonds. The molecular formula is C50H96NO9P. The van der Waals surface area contributed by atoms with Gasteiger partial charge in [-0.2, -0.15) is 0 Å². The van der Waals surface area contributed by atoms with Crippen molar-refractivity contribution < 1.29 is 47.7 Å². The molecule has 0 radical (unpaired) electrons. The van der Waals surface area contributed by atoms with Gasteiger partial charge in [0, 0.05) is 25.7 Å². The van der Waals surface area contributed by atoms with E-state index in [-0.39, 0.29) is 36.9 Å². The molecule has 0 aromatic carbocycles. The number of rotatable bonds is 45. The van der Waals surface area contributed by atoms with E-state index in [4.69, 9.17) is 14.0 Å². The zero-order valence-corrected chi connectivity index (χ0v) is 41.0. The van der Waals surface area contributed by atoms with Gasteiger partial charge < -0.3 is 38.2 Å². The minimum atomic E-state index is -4.55. The zero-order chi connectivity index (χ0) is 45.3. The topological polar surface area (TPSA) is 142 Å². The van der Waals surface area contributed by atoms with E-state index in [1.165, 1.54) is 83.5 Å². The van der Waals surface area contributed by atoms with Crippen LogP contribution >= 0.6 is 7.60 Å². The number of aliphatic hydroxyl groups excluding tert-OH is 1. The average Bonchev–Trinajstić information content (AvgIpc) is 3.22. The molecule has 0 saturated heterocycles. The van der Waals surface area contributed by atoms with E-state index in [0.717, 1.165) is 83.5 Å². The van der Waals surface area contributed by atoms with Crippen LogP contribution in [0.15, 0.2) is 24.3 Å². The SMILES string of the molecule is CCCCCCCC/C=C\CCCCCCCC(=O)OC[C@H](COP(=O)([O-])C(CCCCC)[N+](C)(C)CCC(O)O)OC(=O)CCCCCCC/C=C\CCCCCCCC. The summed E-state index contributed by atoms with van der Waals surface area (Å²) in [4.78, 5) is 39.5. The first-order valence-electron chi connectivity index (χ1n) is 25.2. The minimum Gasteiger partial charge on any atom is -0.774 e. The predicted molar refractivity (Wildman–Crippen MR) is 251 cm³/mol. The highest BCUT2D eigenvalue weighted by molar-refractivity contribution is 7.51. The third-order valence-corrected chi connectivity index (χ3v) is 13.8. The van der Waals surface area contributed by atoms with E-state index in [1.54, 1.807) is 14.1 Å². The molecule has 0 aliphatic carbocycles. The molecule has 11 heteroatoms. The van der Waals surface area contributed by atoms with Crippen LogP contribution < -0.4 is 4.89 Å². The zero-order valence-electron chi connectivity index (χ0n) is 40.1. The third kappa shape index (κ3) is 37.5. The summed E-state index contributed by atoms with van der Waals surface area (Å²) in [5.41, 5.74) is 0. The second kappa shape index (κ2) is 41.2. The van der Waals surface area contributed by atoms with Crippen LogP contribution in [0.3, 0.4) is 0 Å². The predicted octanol–water partition coefficient (Wildman–Crippen LogP) is 12.8. The highest BCUT2D eigenvalue weighted by Crippen LogP contribution is 2.49. The number of allylic oxidation sites excluding steroid dienone is 4. The number of nitrogens with zero attached hydrogens (tertiary/aromatic N) is 1. The number of quaternary nitrogens is 1. The molecular weight excluding hydrogens is 790 g/mol. The second-order valence-corrected chi connectivity index (χ2v) is 20.0. The van der Waals surface area contributed by atoms with Gasteiger partial charge in [0.2, 0.25) is 0 Å². The number of unbranched alkanes of at least 4 members (excludes halogenated alkanes) is 24. The summed E-state index contributed by atoms with van der Waals surface area (Å²) in [7, 11) is -1.06. The molecule has 61 heavy (non-hydrogen) atoms. The lowest BCUT2D eigenvalue weighted by molar-refractivity contribution is -0.905. The quantitative estimate of drug-likeness (QED) is 0.0153. The number of carbonyl (C=O) groups is 2. The molecule has 0 aromatic rings. The Morgan fingerprint density at radius 1 is 0.557 bits per heavy atom. The number of aliphatic hydroxyl groups is 2. The lowest BCUT2D eigenvalue weighted by Gasteiger charge is -2.44. The molecule has 3 atom stereocenters. The first-order chi connectivity index (χ1) is 29.4. The number of hydrogen-bond donors (Lipinski definition) is 2. The van der Waals surface area contributed by atoms with Crippen molar-refractivity contribution in [1.82, 2.24) is 0 Å². The van der Waals surface area contributed by atoms with E-state index in [9.17, 15) is 29.3 Å². The largest absolute Gasteiger partial charge is 0.774 e. The Hall–Kier alpha value is -1.55. The third-order valence-electron chi connectivity index (χ3n) is 11.7. The Morgan fingerprint density at radius 2 is 0.951 bits per heavy atom. The molecule has 2 N–H and O–H groups in total. The fraction of sp³-hybridized carbons (Fsp3) is 0.880. The van der Waals surface area contributed by atoms with Gasteiger partial charge in [-0.1, -0.05) is 161 Å². The van der Waals surface area contributed by atoms with E-state index in [0.29, 0.717) is 25.7 Å². The summed E-state index contributed by atoms with van der Waals surface area (Å²) in [6.45, 7) is 6.02. The molecule has 0 saturated carbocycles. The van der Waals surface area contributed by atoms with E-state index < -0.39 is 44.3 Å². The highest BCUT2D eigenvalue weighted by atomic mass is 31.2. The fourth-order valence-electron chi connectivity index (χ4n) is 7.64. The van der Waals surface area contributed by atoms with Crippen molar-refractivity contribution >= 4 is 19.5 Å². The fourth-order valence-corrected chi connectivity index (χ4v) is 9.56. The first-order valence-corrected chi connectivity index (χ1v) is 26.8. The van der Waals surface area contributed by atoms with Gasteiger partial charge in [0.15, 0.2) is 25.8 Å². The lowest BCUT2D eigenvalue weighted by Crippen LogP contribution is -2.52. The van der Waals surface area contributed by atoms with Crippen LogP contribution in [0.5, 0.6) is 0 Å². The van der Waals surface area contributed by atoms with Crippen molar-refractivity contribution in [2.45, 2.75) is 251 Å². The monoisotopic (exact) mass is 886 g/mol. The molecule has 360 valence electrons. The summed E-state index contributed by atoms with van der Waals surface area (Å²) in [6.07, 6.45) is 39.9. The van der Waals surface area contributed by atoms with Gasteiger partial charge >= 0.3 is 11.9 Å². The van der Waals surface area contributed by atoms with Crippen LogP contribution in [-0.2, 0) is 28.2 Å². The van der Waals surface area contributed by atoms with Gasteiger partial charge in [0.1, 0.15) is 6.61 Å². The molecule has 0 aliphatic heterocycles. The van der Waals surface area contributed by atoms with Gasteiger partial charge in [-0.3, -0.25) is 9.59 Å². The highest BCUT2D eigenvalue weighted by Gasteiger charge is 2.38. The minimum absolute atomic E-state index is 0.00696. The summed E-state index contributed by atoms with van der Waals surface area (Å²) in [5, 5.41) is 19.0. The van der Waals surface area contributed by atoms with Crippen molar-refractivity contribution in [3.63, 3.8) is 0 Å². The average molecular weight is 886 g/mol. The molecule has 0 bridgehead atoms. The number of hydrogen-bond acceptors (Lipinski definition) is 9. The van der Waals surface area contributed by atoms with Crippen LogP contribution in [0.25, 0.3) is 0 Å². The van der Waals surface area contributed by atoms with Gasteiger partial charge in [-0.05, 0) is 70.6 Å². The van der Waals surface area contributed by atoms with Gasteiger partial charge in [-0.15, -0.1) is 0 Å². The summed E-state index contributed by atoms with van der Waals surface area (Å²) in [6, 6.07) is 0. The Kier molecular flexibility index (Phi) is 40.1. The normalized spacial score (nSPS) is 14.2. The van der Waals surface area contributed by atoms with Crippen molar-refractivity contribution in [3.8, 4) is 0 Å².